The van der Waals surface area contributed by atoms with Gasteiger partial charge in [0.25, 0.3) is 9.05 Å². The van der Waals surface area contributed by atoms with Crippen LogP contribution in [0.4, 0.5) is 4.39 Å². The van der Waals surface area contributed by atoms with E-state index in [2.05, 4.69) is 0 Å². The van der Waals surface area contributed by atoms with Gasteiger partial charge in [0.1, 0.15) is 10.7 Å². The van der Waals surface area contributed by atoms with Crippen LogP contribution in [0.15, 0.2) is 17.0 Å². The first-order chi connectivity index (χ1) is 9.79. The molecule has 0 amide bonds. The van der Waals surface area contributed by atoms with Gasteiger partial charge in [0.2, 0.25) is 0 Å². The fourth-order valence-electron chi connectivity index (χ4n) is 2.32. The van der Waals surface area contributed by atoms with Crippen molar-refractivity contribution in [2.45, 2.75) is 30.6 Å². The summed E-state index contributed by atoms with van der Waals surface area (Å²) >= 11 is 5.76. The van der Waals surface area contributed by atoms with E-state index in [1.807, 2.05) is 0 Å². The lowest BCUT2D eigenvalue weighted by Gasteiger charge is -2.11. The molecule has 1 aliphatic rings. The fourth-order valence-corrected chi connectivity index (χ4v) is 3.45. The van der Waals surface area contributed by atoms with E-state index in [4.69, 9.17) is 27.0 Å². The number of carbonyl (C=O) groups excluding carboxylic acids is 1. The van der Waals surface area contributed by atoms with Crippen LogP contribution in [-0.2, 0) is 13.8 Å². The van der Waals surface area contributed by atoms with Crippen LogP contribution in [0.25, 0.3) is 0 Å². The van der Waals surface area contributed by atoms with Crippen molar-refractivity contribution in [2.24, 2.45) is 5.92 Å². The highest BCUT2D eigenvalue weighted by molar-refractivity contribution is 8.13. The average Bonchev–Trinajstić information content (AvgIpc) is 2.87. The van der Waals surface area contributed by atoms with Gasteiger partial charge in [0.05, 0.1) is 17.2 Å². The van der Waals surface area contributed by atoms with E-state index < -0.39 is 25.7 Å². The lowest BCUT2D eigenvalue weighted by Crippen LogP contribution is -2.13. The molecule has 1 aliphatic carbocycles. The Labute approximate surface area is 131 Å². The van der Waals surface area contributed by atoms with Crippen LogP contribution in [0.1, 0.15) is 36.0 Å². The third kappa shape index (κ3) is 4.08. The Morgan fingerprint density at radius 2 is 1.95 bits per heavy atom. The van der Waals surface area contributed by atoms with Gasteiger partial charge in [-0.2, -0.15) is 0 Å². The van der Waals surface area contributed by atoms with Gasteiger partial charge >= 0.3 is 5.97 Å². The van der Waals surface area contributed by atoms with E-state index in [0.29, 0.717) is 5.92 Å². The van der Waals surface area contributed by atoms with Gasteiger partial charge < -0.3 is 4.74 Å². The Morgan fingerprint density at radius 1 is 1.33 bits per heavy atom. The van der Waals surface area contributed by atoms with Crippen molar-refractivity contribution in [3.05, 3.63) is 28.5 Å². The monoisotopic (exact) mass is 354 g/mol. The molecule has 0 aromatic heterocycles. The Hall–Kier alpha value is -0.850. The van der Waals surface area contributed by atoms with Crippen LogP contribution in [0.5, 0.6) is 0 Å². The minimum absolute atomic E-state index is 0.213. The smallest absolute Gasteiger partial charge is 0.339 e. The van der Waals surface area contributed by atoms with Crippen molar-refractivity contribution < 1.29 is 22.3 Å². The quantitative estimate of drug-likeness (QED) is 0.610. The molecule has 21 heavy (non-hydrogen) atoms. The van der Waals surface area contributed by atoms with Crippen molar-refractivity contribution in [2.75, 3.05) is 6.61 Å². The average molecular weight is 355 g/mol. The molecule has 0 unspecified atom stereocenters. The van der Waals surface area contributed by atoms with Crippen LogP contribution in [0, 0.1) is 11.7 Å². The molecule has 0 saturated heterocycles. The van der Waals surface area contributed by atoms with E-state index in [9.17, 15) is 17.6 Å². The fraction of sp³-hybridized carbons (Fsp3) is 0.462. The molecule has 0 heterocycles. The SMILES string of the molecule is O=C(OCC1CCCC1)c1cc(S(=O)(=O)Cl)c(F)cc1Cl. The lowest BCUT2D eigenvalue weighted by atomic mass is 10.1. The molecule has 1 fully saturated rings. The van der Waals surface area contributed by atoms with Crippen molar-refractivity contribution in [3.63, 3.8) is 0 Å². The van der Waals surface area contributed by atoms with E-state index in [0.717, 1.165) is 37.8 Å². The molecular weight excluding hydrogens is 342 g/mol. The van der Waals surface area contributed by atoms with Crippen LogP contribution < -0.4 is 0 Å². The second-order valence-corrected chi connectivity index (χ2v) is 7.89. The Balaban J connectivity index is 2.20. The van der Waals surface area contributed by atoms with Gasteiger partial charge in [-0.05, 0) is 30.9 Å². The number of rotatable bonds is 4. The van der Waals surface area contributed by atoms with E-state index in [-0.39, 0.29) is 17.2 Å². The number of esters is 1. The van der Waals surface area contributed by atoms with Gasteiger partial charge in [-0.15, -0.1) is 0 Å². The van der Waals surface area contributed by atoms with Crippen LogP contribution in [-0.4, -0.2) is 21.0 Å². The van der Waals surface area contributed by atoms with Gasteiger partial charge in [0, 0.05) is 10.7 Å². The van der Waals surface area contributed by atoms with Crippen molar-refractivity contribution in [1.29, 1.82) is 0 Å². The number of carbonyl (C=O) groups is 1. The van der Waals surface area contributed by atoms with Crippen molar-refractivity contribution >= 4 is 37.3 Å². The standard InChI is InChI=1S/C13H13Cl2FO4S/c14-10-6-11(16)12(21(15,18)19)5-9(10)13(17)20-7-8-3-1-2-4-8/h5-6,8H,1-4,7H2. The van der Waals surface area contributed by atoms with E-state index in [1.165, 1.54) is 0 Å². The second-order valence-electron chi connectivity index (χ2n) is 4.95. The summed E-state index contributed by atoms with van der Waals surface area (Å²) in [7, 11) is 0.804. The minimum Gasteiger partial charge on any atom is -0.462 e. The highest BCUT2D eigenvalue weighted by atomic mass is 35.7. The maximum atomic E-state index is 13.5. The summed E-state index contributed by atoms with van der Waals surface area (Å²) in [5.74, 6) is -1.58. The molecular formula is C13H13Cl2FO4S. The molecule has 0 bridgehead atoms. The van der Waals surface area contributed by atoms with Gasteiger partial charge in [-0.3, -0.25) is 0 Å². The summed E-state index contributed by atoms with van der Waals surface area (Å²) in [5.41, 5.74) is -0.213. The zero-order valence-corrected chi connectivity index (χ0v) is 13.3. The first-order valence-electron chi connectivity index (χ1n) is 6.40. The summed E-state index contributed by atoms with van der Waals surface area (Å²) < 4.78 is 41.1. The minimum atomic E-state index is -4.31. The molecule has 0 N–H and O–H groups in total. The summed E-state index contributed by atoms with van der Waals surface area (Å²) in [6, 6.07) is 1.54. The first-order valence-corrected chi connectivity index (χ1v) is 9.08. The van der Waals surface area contributed by atoms with Crippen LogP contribution >= 0.6 is 22.3 Å². The number of halogens is 3. The third-order valence-corrected chi connectivity index (χ3v) is 5.08. The Bertz CT molecular complexity index is 654. The summed E-state index contributed by atoms with van der Waals surface area (Å²) in [4.78, 5) is 11.2. The zero-order valence-electron chi connectivity index (χ0n) is 10.9. The lowest BCUT2D eigenvalue weighted by molar-refractivity contribution is 0.0442. The molecule has 0 aliphatic heterocycles. The second kappa shape index (κ2) is 6.50. The number of hydrogen-bond donors (Lipinski definition) is 0. The van der Waals surface area contributed by atoms with Gasteiger partial charge in [0.15, 0.2) is 0 Å². The molecule has 1 aromatic carbocycles. The third-order valence-electron chi connectivity index (χ3n) is 3.43. The van der Waals surface area contributed by atoms with Gasteiger partial charge in [-0.1, -0.05) is 24.4 Å². The summed E-state index contributed by atoms with van der Waals surface area (Å²) in [6.07, 6.45) is 4.19. The summed E-state index contributed by atoms with van der Waals surface area (Å²) in [5, 5.41) is -0.215. The first kappa shape index (κ1) is 16.5. The maximum absolute atomic E-state index is 13.5. The Morgan fingerprint density at radius 3 is 2.52 bits per heavy atom. The number of benzene rings is 1. The normalized spacial score (nSPS) is 16.1. The van der Waals surface area contributed by atoms with Crippen molar-refractivity contribution in [3.8, 4) is 0 Å². The largest absolute Gasteiger partial charge is 0.462 e. The number of hydrogen-bond acceptors (Lipinski definition) is 4. The molecule has 2 rings (SSSR count). The molecule has 4 nitrogen and oxygen atoms in total. The maximum Gasteiger partial charge on any atom is 0.339 e. The topological polar surface area (TPSA) is 60.4 Å². The van der Waals surface area contributed by atoms with Crippen LogP contribution in [0.3, 0.4) is 0 Å². The van der Waals surface area contributed by atoms with Gasteiger partial charge in [-0.25, -0.2) is 17.6 Å². The molecule has 8 heteroatoms. The number of ether oxygens (including phenoxy) is 1. The molecule has 0 atom stereocenters. The molecule has 1 saturated carbocycles. The predicted octanol–water partition coefficient (Wildman–Crippen LogP) is 3.75. The van der Waals surface area contributed by atoms with E-state index in [1.54, 1.807) is 0 Å². The highest BCUT2D eigenvalue weighted by Gasteiger charge is 2.24. The summed E-state index contributed by atoms with van der Waals surface area (Å²) in [6.45, 7) is 0.246. The van der Waals surface area contributed by atoms with Crippen LogP contribution in [0.2, 0.25) is 5.02 Å². The predicted molar refractivity (Wildman–Crippen MR) is 76.7 cm³/mol. The molecule has 116 valence electrons. The molecule has 1 aromatic rings. The Kier molecular flexibility index (Phi) is 5.11. The molecule has 0 spiro atoms. The van der Waals surface area contributed by atoms with E-state index >= 15 is 0 Å². The highest BCUT2D eigenvalue weighted by Crippen LogP contribution is 2.28. The zero-order chi connectivity index (χ0) is 15.6. The molecule has 0 radical (unpaired) electrons. The van der Waals surface area contributed by atoms with Crippen molar-refractivity contribution in [1.82, 2.24) is 0 Å².